The molecule has 5 heteroatoms. The Morgan fingerprint density at radius 1 is 1.21 bits per heavy atom. The third-order valence-corrected chi connectivity index (χ3v) is 2.44. The molecule has 0 amide bonds. The summed E-state index contributed by atoms with van der Waals surface area (Å²) in [6.07, 6.45) is -0.595. The Labute approximate surface area is 77.5 Å². The second-order valence-electron chi connectivity index (χ2n) is 3.48. The molecule has 0 radical (unpaired) electrons. The highest BCUT2D eigenvalue weighted by molar-refractivity contribution is 5.36. The summed E-state index contributed by atoms with van der Waals surface area (Å²) < 4.78 is 51.1. The van der Waals surface area contributed by atoms with E-state index in [1.165, 1.54) is 0 Å². The molecule has 0 spiro atoms. The van der Waals surface area contributed by atoms with Crippen molar-refractivity contribution in [2.24, 2.45) is 5.73 Å². The molecule has 76 valence electrons. The Bertz CT molecular complexity index is 390. The molecule has 2 rings (SSSR count). The lowest BCUT2D eigenvalue weighted by molar-refractivity contribution is 0.0881. The number of rotatable bonds is 1. The minimum Gasteiger partial charge on any atom is -0.316 e. The van der Waals surface area contributed by atoms with Crippen molar-refractivity contribution in [3.63, 3.8) is 0 Å². The Morgan fingerprint density at radius 3 is 2.21 bits per heavy atom. The Morgan fingerprint density at radius 2 is 1.79 bits per heavy atom. The molecule has 1 aliphatic carbocycles. The zero-order valence-corrected chi connectivity index (χ0v) is 7.03. The van der Waals surface area contributed by atoms with E-state index >= 15 is 0 Å². The maximum absolute atomic E-state index is 13.1. The van der Waals surface area contributed by atoms with Gasteiger partial charge in [0.05, 0.1) is 0 Å². The van der Waals surface area contributed by atoms with Crippen molar-refractivity contribution in [3.8, 4) is 0 Å². The monoisotopic (exact) mass is 205 g/mol. The van der Waals surface area contributed by atoms with Crippen LogP contribution < -0.4 is 5.73 Å². The Hall–Kier alpha value is -1.10. The van der Waals surface area contributed by atoms with Crippen molar-refractivity contribution in [3.05, 3.63) is 35.4 Å². The van der Waals surface area contributed by atoms with Gasteiger partial charge < -0.3 is 5.73 Å². The largest absolute Gasteiger partial charge is 0.316 e. The fraction of sp³-hybridized carbons (Fsp3) is 0.333. The third-order valence-electron chi connectivity index (χ3n) is 2.44. The molecular weight excluding hydrogens is 198 g/mol. The van der Waals surface area contributed by atoms with Crippen molar-refractivity contribution in [2.75, 3.05) is 0 Å². The van der Waals surface area contributed by atoms with Gasteiger partial charge in [0, 0.05) is 18.1 Å². The molecule has 1 nitrogen and oxygen atoms in total. The highest BCUT2D eigenvalue weighted by atomic mass is 19.3. The molecule has 1 saturated carbocycles. The fourth-order valence-corrected chi connectivity index (χ4v) is 1.45. The number of alkyl halides is 2. The summed E-state index contributed by atoms with van der Waals surface area (Å²) in [4.78, 5) is 0. The molecule has 1 aliphatic rings. The first-order valence-electron chi connectivity index (χ1n) is 3.99. The van der Waals surface area contributed by atoms with Crippen LogP contribution in [0.1, 0.15) is 12.0 Å². The second kappa shape index (κ2) is 2.48. The normalized spacial score (nSPS) is 28.9. The van der Waals surface area contributed by atoms with Crippen LogP contribution in [0.4, 0.5) is 17.6 Å². The van der Waals surface area contributed by atoms with Crippen LogP contribution in [0.25, 0.3) is 0 Å². The molecule has 1 unspecified atom stereocenters. The molecule has 1 fully saturated rings. The van der Waals surface area contributed by atoms with Crippen molar-refractivity contribution in [2.45, 2.75) is 17.9 Å². The third kappa shape index (κ3) is 1.12. The minimum atomic E-state index is -3.09. The van der Waals surface area contributed by atoms with Crippen LogP contribution in [0.15, 0.2) is 18.2 Å². The van der Waals surface area contributed by atoms with Crippen molar-refractivity contribution in [1.82, 2.24) is 0 Å². The van der Waals surface area contributed by atoms with Crippen molar-refractivity contribution >= 4 is 0 Å². The lowest BCUT2D eigenvalue weighted by atomic mass is 10.0. The van der Waals surface area contributed by atoms with Gasteiger partial charge in [0.1, 0.15) is 17.2 Å². The molecule has 1 aromatic carbocycles. The first kappa shape index (κ1) is 9.45. The SMILES string of the molecule is NC1(c2ccc(F)cc2F)CC1(F)F. The van der Waals surface area contributed by atoms with E-state index in [0.29, 0.717) is 6.07 Å². The first-order chi connectivity index (χ1) is 6.37. The van der Waals surface area contributed by atoms with E-state index < -0.39 is 29.5 Å². The van der Waals surface area contributed by atoms with Crippen LogP contribution in [0.3, 0.4) is 0 Å². The van der Waals surface area contributed by atoms with Gasteiger partial charge in [-0.3, -0.25) is 0 Å². The molecule has 1 aromatic rings. The van der Waals surface area contributed by atoms with Gasteiger partial charge in [-0.05, 0) is 6.07 Å². The first-order valence-corrected chi connectivity index (χ1v) is 3.99. The van der Waals surface area contributed by atoms with Crippen LogP contribution >= 0.6 is 0 Å². The Balaban J connectivity index is 2.45. The van der Waals surface area contributed by atoms with Crippen LogP contribution in [0.5, 0.6) is 0 Å². The van der Waals surface area contributed by atoms with E-state index in [1.807, 2.05) is 0 Å². The van der Waals surface area contributed by atoms with E-state index in [2.05, 4.69) is 0 Å². The highest BCUT2D eigenvalue weighted by Gasteiger charge is 2.70. The zero-order chi connectivity index (χ0) is 10.6. The lowest BCUT2D eigenvalue weighted by Crippen LogP contribution is -2.28. The van der Waals surface area contributed by atoms with Gasteiger partial charge in [0.25, 0.3) is 5.92 Å². The van der Waals surface area contributed by atoms with Gasteiger partial charge in [-0.1, -0.05) is 6.07 Å². The maximum atomic E-state index is 13.1. The maximum Gasteiger partial charge on any atom is 0.272 e. The summed E-state index contributed by atoms with van der Waals surface area (Å²) in [5, 5.41) is 0. The lowest BCUT2D eigenvalue weighted by Gasteiger charge is -2.11. The number of benzene rings is 1. The molecule has 0 saturated heterocycles. The summed E-state index contributed by atoms with van der Waals surface area (Å²) >= 11 is 0. The van der Waals surface area contributed by atoms with Gasteiger partial charge in [0.15, 0.2) is 0 Å². The zero-order valence-electron chi connectivity index (χ0n) is 7.03. The smallest absolute Gasteiger partial charge is 0.272 e. The molecule has 0 heterocycles. The molecule has 0 bridgehead atoms. The summed E-state index contributed by atoms with van der Waals surface area (Å²) in [6.45, 7) is 0. The number of hydrogen-bond donors (Lipinski definition) is 1. The quantitative estimate of drug-likeness (QED) is 0.698. The molecule has 0 aliphatic heterocycles. The van der Waals surface area contributed by atoms with Crippen LogP contribution in [-0.2, 0) is 5.54 Å². The topological polar surface area (TPSA) is 26.0 Å². The molecule has 2 N–H and O–H groups in total. The van der Waals surface area contributed by atoms with E-state index in [9.17, 15) is 17.6 Å². The predicted octanol–water partition coefficient (Wildman–Crippen LogP) is 2.16. The standard InChI is InChI=1S/C9H7F4N/c10-5-1-2-6(7(11)3-5)8(14)4-9(8,12)13/h1-3H,4,14H2. The Kier molecular flexibility index (Phi) is 1.67. The fourth-order valence-electron chi connectivity index (χ4n) is 1.45. The molecule has 0 aromatic heterocycles. The summed E-state index contributed by atoms with van der Waals surface area (Å²) in [5.74, 6) is -4.92. The number of nitrogens with two attached hydrogens (primary N) is 1. The van der Waals surface area contributed by atoms with Crippen LogP contribution in [0, 0.1) is 11.6 Å². The molecule has 1 atom stereocenters. The van der Waals surface area contributed by atoms with E-state index in [-0.39, 0.29) is 5.56 Å². The van der Waals surface area contributed by atoms with Crippen molar-refractivity contribution < 1.29 is 17.6 Å². The van der Waals surface area contributed by atoms with Crippen LogP contribution in [-0.4, -0.2) is 5.92 Å². The van der Waals surface area contributed by atoms with Gasteiger partial charge in [-0.25, -0.2) is 17.6 Å². The van der Waals surface area contributed by atoms with Gasteiger partial charge in [-0.2, -0.15) is 0 Å². The van der Waals surface area contributed by atoms with E-state index in [1.54, 1.807) is 0 Å². The van der Waals surface area contributed by atoms with Crippen molar-refractivity contribution in [1.29, 1.82) is 0 Å². The van der Waals surface area contributed by atoms with E-state index in [4.69, 9.17) is 5.73 Å². The predicted molar refractivity (Wildman–Crippen MR) is 41.8 cm³/mol. The average molecular weight is 205 g/mol. The van der Waals surface area contributed by atoms with Gasteiger partial charge in [-0.15, -0.1) is 0 Å². The number of hydrogen-bond acceptors (Lipinski definition) is 1. The van der Waals surface area contributed by atoms with Gasteiger partial charge >= 0.3 is 0 Å². The second-order valence-corrected chi connectivity index (χ2v) is 3.48. The van der Waals surface area contributed by atoms with Crippen LogP contribution in [0.2, 0.25) is 0 Å². The minimum absolute atomic E-state index is 0.330. The molecule has 14 heavy (non-hydrogen) atoms. The number of halogens is 4. The summed E-state index contributed by atoms with van der Waals surface area (Å²) in [5.41, 5.74) is 3.00. The molecular formula is C9H7F4N. The summed E-state index contributed by atoms with van der Waals surface area (Å²) in [6, 6.07) is 2.44. The highest BCUT2D eigenvalue weighted by Crippen LogP contribution is 2.57. The average Bonchev–Trinajstić information content (AvgIpc) is 2.50. The van der Waals surface area contributed by atoms with E-state index in [0.717, 1.165) is 12.1 Å². The van der Waals surface area contributed by atoms with Gasteiger partial charge in [0.2, 0.25) is 0 Å². The summed E-state index contributed by atoms with van der Waals surface area (Å²) in [7, 11) is 0.